The lowest BCUT2D eigenvalue weighted by molar-refractivity contribution is 0.0970. The van der Waals surface area contributed by atoms with Crippen molar-refractivity contribution < 1.29 is 4.79 Å². The average molecular weight is 352 g/mol. The van der Waals surface area contributed by atoms with Gasteiger partial charge in [0.15, 0.2) is 5.78 Å². The van der Waals surface area contributed by atoms with Gasteiger partial charge in [0, 0.05) is 10.4 Å². The third kappa shape index (κ3) is 2.93. The van der Waals surface area contributed by atoms with E-state index in [-0.39, 0.29) is 17.9 Å². The van der Waals surface area contributed by atoms with Gasteiger partial charge < -0.3 is 0 Å². The molecule has 25 heavy (non-hydrogen) atoms. The van der Waals surface area contributed by atoms with Crippen molar-refractivity contribution in [3.8, 4) is 0 Å². The van der Waals surface area contributed by atoms with E-state index in [4.69, 9.17) is 0 Å². The van der Waals surface area contributed by atoms with Gasteiger partial charge in [-0.15, -0.1) is 11.3 Å². The van der Waals surface area contributed by atoms with E-state index >= 15 is 0 Å². The highest BCUT2D eigenvalue weighted by molar-refractivity contribution is 7.18. The van der Waals surface area contributed by atoms with E-state index in [9.17, 15) is 9.59 Å². The summed E-state index contributed by atoms with van der Waals surface area (Å²) < 4.78 is 1.45. The summed E-state index contributed by atoms with van der Waals surface area (Å²) in [6.07, 6.45) is 4.58. The zero-order chi connectivity index (χ0) is 17.6. The van der Waals surface area contributed by atoms with Crippen molar-refractivity contribution in [2.45, 2.75) is 39.7 Å². The number of carbonyl (C=O) groups excluding carboxylic acids is 1. The number of thiophene rings is 1. The molecule has 0 amide bonds. The summed E-state index contributed by atoms with van der Waals surface area (Å²) in [6, 6.07) is 7.44. The number of Topliss-reactive ketones (excluding diaryl/α,β-unsaturated/α-hetero) is 1. The van der Waals surface area contributed by atoms with Gasteiger partial charge in [-0.05, 0) is 37.7 Å². The van der Waals surface area contributed by atoms with Crippen LogP contribution in [0.3, 0.4) is 0 Å². The van der Waals surface area contributed by atoms with Crippen LogP contribution in [0.2, 0.25) is 0 Å². The van der Waals surface area contributed by atoms with Gasteiger partial charge in [0.2, 0.25) is 0 Å². The zero-order valence-corrected chi connectivity index (χ0v) is 15.2. The van der Waals surface area contributed by atoms with Gasteiger partial charge in [-0.25, -0.2) is 4.98 Å². The number of nitrogens with zero attached hydrogens (tertiary/aromatic N) is 2. The van der Waals surface area contributed by atoms with Gasteiger partial charge in [0.05, 0.1) is 18.3 Å². The van der Waals surface area contributed by atoms with Crippen LogP contribution in [0, 0.1) is 12.8 Å². The van der Waals surface area contributed by atoms with Crippen molar-refractivity contribution in [1.82, 2.24) is 9.55 Å². The van der Waals surface area contributed by atoms with E-state index in [2.05, 4.69) is 11.9 Å². The summed E-state index contributed by atoms with van der Waals surface area (Å²) in [5, 5.41) is 0.728. The van der Waals surface area contributed by atoms with E-state index in [1.54, 1.807) is 11.3 Å². The van der Waals surface area contributed by atoms with Crippen LogP contribution in [-0.4, -0.2) is 15.3 Å². The Kier molecular flexibility index (Phi) is 4.04. The number of aromatic nitrogens is 2. The molecule has 0 saturated carbocycles. The maximum atomic E-state index is 12.9. The summed E-state index contributed by atoms with van der Waals surface area (Å²) in [5.74, 6) is 0.590. The van der Waals surface area contributed by atoms with Crippen LogP contribution in [0.25, 0.3) is 10.2 Å². The molecule has 0 spiro atoms. The first-order valence-corrected chi connectivity index (χ1v) is 9.44. The Hall–Kier alpha value is -2.27. The molecule has 0 aliphatic heterocycles. The van der Waals surface area contributed by atoms with Gasteiger partial charge in [-0.3, -0.25) is 14.2 Å². The third-order valence-corrected chi connectivity index (χ3v) is 6.13. The molecule has 3 aromatic rings. The second-order valence-electron chi connectivity index (χ2n) is 7.00. The van der Waals surface area contributed by atoms with Crippen molar-refractivity contribution in [1.29, 1.82) is 0 Å². The zero-order valence-electron chi connectivity index (χ0n) is 14.4. The molecule has 0 bridgehead atoms. The third-order valence-electron chi connectivity index (χ3n) is 4.97. The van der Waals surface area contributed by atoms with Gasteiger partial charge in [-0.1, -0.05) is 36.8 Å². The quantitative estimate of drug-likeness (QED) is 0.674. The Morgan fingerprint density at radius 2 is 2.08 bits per heavy atom. The standard InChI is InChI=1S/C20H20N2O2S/c1-12-3-6-14(7-4-12)16(23)10-22-11-21-19-18(20(22)24)15-8-5-13(2)9-17(15)25-19/h3-4,6-7,11,13H,5,8-10H2,1-2H3/t13-/m0/s1. The Balaban J connectivity index is 1.71. The fourth-order valence-electron chi connectivity index (χ4n) is 3.46. The van der Waals surface area contributed by atoms with Crippen LogP contribution < -0.4 is 5.56 Å². The van der Waals surface area contributed by atoms with Crippen LogP contribution in [0.1, 0.15) is 39.7 Å². The predicted molar refractivity (Wildman–Crippen MR) is 101 cm³/mol. The highest BCUT2D eigenvalue weighted by Gasteiger charge is 2.23. The first-order chi connectivity index (χ1) is 12.0. The van der Waals surface area contributed by atoms with Crippen molar-refractivity contribution in [3.63, 3.8) is 0 Å². The number of fused-ring (bicyclic) bond motifs is 3. The van der Waals surface area contributed by atoms with E-state index in [1.165, 1.54) is 15.8 Å². The van der Waals surface area contributed by atoms with Crippen LogP contribution in [0.15, 0.2) is 35.4 Å². The second-order valence-corrected chi connectivity index (χ2v) is 8.08. The molecule has 1 aliphatic rings. The molecular formula is C20H20N2O2S. The van der Waals surface area contributed by atoms with Crippen molar-refractivity contribution in [2.24, 2.45) is 5.92 Å². The Morgan fingerprint density at radius 3 is 2.84 bits per heavy atom. The molecule has 128 valence electrons. The lowest BCUT2D eigenvalue weighted by atomic mass is 9.89. The molecule has 2 aromatic heterocycles. The molecule has 0 unspecified atom stereocenters. The number of rotatable bonds is 3. The van der Waals surface area contributed by atoms with E-state index in [0.717, 1.165) is 40.6 Å². The molecule has 1 aromatic carbocycles. The maximum Gasteiger partial charge on any atom is 0.262 e. The Bertz CT molecular complexity index is 1010. The molecule has 0 saturated heterocycles. The molecule has 2 heterocycles. The normalized spacial score (nSPS) is 16.8. The molecule has 0 fully saturated rings. The minimum absolute atomic E-state index is 0.0336. The van der Waals surface area contributed by atoms with Crippen LogP contribution >= 0.6 is 11.3 Å². The van der Waals surface area contributed by atoms with Gasteiger partial charge >= 0.3 is 0 Å². The Morgan fingerprint density at radius 1 is 1.32 bits per heavy atom. The minimum atomic E-state index is -0.0856. The highest BCUT2D eigenvalue weighted by Crippen LogP contribution is 2.35. The molecule has 1 atom stereocenters. The summed E-state index contributed by atoms with van der Waals surface area (Å²) in [6.45, 7) is 4.27. The topological polar surface area (TPSA) is 52.0 Å². The number of carbonyl (C=O) groups is 1. The molecule has 5 heteroatoms. The number of benzene rings is 1. The largest absolute Gasteiger partial charge is 0.292 e. The van der Waals surface area contributed by atoms with Crippen molar-refractivity contribution in [2.75, 3.05) is 0 Å². The summed E-state index contributed by atoms with van der Waals surface area (Å²) >= 11 is 1.63. The maximum absolute atomic E-state index is 12.9. The first-order valence-electron chi connectivity index (χ1n) is 8.62. The van der Waals surface area contributed by atoms with Crippen LogP contribution in [0.4, 0.5) is 0 Å². The Labute approximate surface area is 150 Å². The fraction of sp³-hybridized carbons (Fsp3) is 0.350. The number of hydrogen-bond donors (Lipinski definition) is 0. The van der Waals surface area contributed by atoms with Gasteiger partial charge in [0.1, 0.15) is 4.83 Å². The summed E-state index contributed by atoms with van der Waals surface area (Å²) in [4.78, 5) is 32.0. The number of ketones is 1. The smallest absolute Gasteiger partial charge is 0.262 e. The van der Waals surface area contributed by atoms with Crippen LogP contribution in [-0.2, 0) is 19.4 Å². The van der Waals surface area contributed by atoms with Gasteiger partial charge in [0.25, 0.3) is 5.56 Å². The molecule has 1 aliphatic carbocycles. The molecule has 0 N–H and O–H groups in total. The monoisotopic (exact) mass is 352 g/mol. The SMILES string of the molecule is Cc1ccc(C(=O)Cn2cnc3sc4c(c3c2=O)CC[C@H](C)C4)cc1. The molecule has 4 rings (SSSR count). The average Bonchev–Trinajstić information content (AvgIpc) is 2.96. The van der Waals surface area contributed by atoms with E-state index < -0.39 is 0 Å². The predicted octanol–water partition coefficient (Wildman–Crippen LogP) is 3.77. The summed E-state index contributed by atoms with van der Waals surface area (Å²) in [5.41, 5.74) is 2.81. The van der Waals surface area contributed by atoms with E-state index in [1.807, 2.05) is 31.2 Å². The van der Waals surface area contributed by atoms with Crippen molar-refractivity contribution in [3.05, 3.63) is 62.5 Å². The number of aryl methyl sites for hydroxylation is 2. The lowest BCUT2D eigenvalue weighted by Crippen LogP contribution is -2.25. The van der Waals surface area contributed by atoms with Crippen molar-refractivity contribution >= 4 is 27.3 Å². The minimum Gasteiger partial charge on any atom is -0.292 e. The second kappa shape index (κ2) is 6.23. The van der Waals surface area contributed by atoms with Gasteiger partial charge in [-0.2, -0.15) is 0 Å². The highest BCUT2D eigenvalue weighted by atomic mass is 32.1. The molecular weight excluding hydrogens is 332 g/mol. The number of hydrogen-bond acceptors (Lipinski definition) is 4. The summed E-state index contributed by atoms with van der Waals surface area (Å²) in [7, 11) is 0. The fourth-order valence-corrected chi connectivity index (χ4v) is 4.81. The van der Waals surface area contributed by atoms with E-state index in [0.29, 0.717) is 11.5 Å². The lowest BCUT2D eigenvalue weighted by Gasteiger charge is -2.17. The molecule has 0 radical (unpaired) electrons. The first kappa shape index (κ1) is 16.2. The molecule has 4 nitrogen and oxygen atoms in total. The van der Waals surface area contributed by atoms with Crippen LogP contribution in [0.5, 0.6) is 0 Å².